The number of amides is 1. The van der Waals surface area contributed by atoms with Crippen LogP contribution in [0.25, 0.3) is 6.08 Å². The monoisotopic (exact) mass is 383 g/mol. The number of hydrogen-bond acceptors (Lipinski definition) is 5. The average Bonchev–Trinajstić information content (AvgIpc) is 3.06. The van der Waals surface area contributed by atoms with Crippen LogP contribution in [0.2, 0.25) is 0 Å². The number of carbonyl (C=O) groups is 1. The third-order valence-electron chi connectivity index (χ3n) is 4.86. The van der Waals surface area contributed by atoms with Gasteiger partial charge in [-0.1, -0.05) is 24.3 Å². The van der Waals surface area contributed by atoms with E-state index in [1.807, 2.05) is 24.3 Å². The second kappa shape index (κ2) is 8.35. The quantitative estimate of drug-likeness (QED) is 0.718. The molecule has 6 heteroatoms. The van der Waals surface area contributed by atoms with E-state index in [9.17, 15) is 9.90 Å². The zero-order chi connectivity index (χ0) is 20.1. The number of nitrogens with one attached hydrogen (secondary N) is 1. The van der Waals surface area contributed by atoms with Crippen molar-refractivity contribution in [1.82, 2.24) is 5.32 Å². The standard InChI is InChI=1S/C22H25NO5/c1-26-18-10-15(11-19(27-2)21(18)28-3)8-9-20(24)23-14-22(25)12-16-6-4-5-7-17(16)13-22/h4-11,25H,12-14H2,1-3H3,(H,23,24)/b9-8+. The number of benzene rings is 2. The number of methoxy groups -OCH3 is 3. The van der Waals surface area contributed by atoms with Crippen LogP contribution < -0.4 is 19.5 Å². The zero-order valence-electron chi connectivity index (χ0n) is 16.3. The summed E-state index contributed by atoms with van der Waals surface area (Å²) in [5, 5.41) is 13.5. The number of aliphatic hydroxyl groups is 1. The van der Waals surface area contributed by atoms with Crippen molar-refractivity contribution in [3.8, 4) is 17.2 Å². The van der Waals surface area contributed by atoms with E-state index in [2.05, 4.69) is 5.32 Å². The summed E-state index contributed by atoms with van der Waals surface area (Å²) in [6.45, 7) is 0.195. The van der Waals surface area contributed by atoms with E-state index in [0.29, 0.717) is 30.1 Å². The van der Waals surface area contributed by atoms with Crippen molar-refractivity contribution in [3.05, 3.63) is 59.2 Å². The van der Waals surface area contributed by atoms with E-state index >= 15 is 0 Å². The molecular formula is C22H25NO5. The molecule has 2 aromatic rings. The molecule has 0 heterocycles. The van der Waals surface area contributed by atoms with Crippen LogP contribution in [0.3, 0.4) is 0 Å². The summed E-state index contributed by atoms with van der Waals surface area (Å²) < 4.78 is 15.9. The third kappa shape index (κ3) is 4.28. The molecule has 0 fully saturated rings. The Morgan fingerprint density at radius 3 is 2.14 bits per heavy atom. The Kier molecular flexibility index (Phi) is 5.90. The molecule has 0 unspecified atom stereocenters. The number of carbonyl (C=O) groups excluding carboxylic acids is 1. The van der Waals surface area contributed by atoms with Crippen LogP contribution in [0.4, 0.5) is 0 Å². The Balaban J connectivity index is 1.63. The first-order valence-corrected chi connectivity index (χ1v) is 9.03. The number of ether oxygens (including phenoxy) is 3. The van der Waals surface area contributed by atoms with Gasteiger partial charge in [-0.2, -0.15) is 0 Å². The Labute approximate surface area is 164 Å². The molecular weight excluding hydrogens is 358 g/mol. The molecule has 0 aromatic heterocycles. The van der Waals surface area contributed by atoms with Crippen molar-refractivity contribution < 1.29 is 24.1 Å². The summed E-state index contributed by atoms with van der Waals surface area (Å²) in [5.74, 6) is 1.24. The first-order valence-electron chi connectivity index (χ1n) is 9.03. The van der Waals surface area contributed by atoms with Gasteiger partial charge in [-0.05, 0) is 34.9 Å². The summed E-state index contributed by atoms with van der Waals surface area (Å²) in [4.78, 5) is 12.2. The fourth-order valence-electron chi connectivity index (χ4n) is 3.48. The van der Waals surface area contributed by atoms with Crippen molar-refractivity contribution in [1.29, 1.82) is 0 Å². The van der Waals surface area contributed by atoms with Gasteiger partial charge in [0, 0.05) is 25.5 Å². The molecule has 28 heavy (non-hydrogen) atoms. The minimum Gasteiger partial charge on any atom is -0.493 e. The highest BCUT2D eigenvalue weighted by atomic mass is 16.5. The highest BCUT2D eigenvalue weighted by Crippen LogP contribution is 2.38. The Bertz CT molecular complexity index is 840. The predicted molar refractivity (Wildman–Crippen MR) is 107 cm³/mol. The van der Waals surface area contributed by atoms with Crippen molar-refractivity contribution in [2.75, 3.05) is 27.9 Å². The minimum atomic E-state index is -0.945. The fourth-order valence-corrected chi connectivity index (χ4v) is 3.48. The van der Waals surface area contributed by atoms with E-state index < -0.39 is 5.60 Å². The first-order chi connectivity index (χ1) is 13.5. The van der Waals surface area contributed by atoms with Gasteiger partial charge in [0.15, 0.2) is 11.5 Å². The molecule has 148 valence electrons. The van der Waals surface area contributed by atoms with Crippen LogP contribution in [0.1, 0.15) is 16.7 Å². The van der Waals surface area contributed by atoms with E-state index in [1.165, 1.54) is 27.4 Å². The van der Waals surface area contributed by atoms with Crippen molar-refractivity contribution in [2.24, 2.45) is 0 Å². The molecule has 0 bridgehead atoms. The fraction of sp³-hybridized carbons (Fsp3) is 0.318. The topological polar surface area (TPSA) is 77.0 Å². The smallest absolute Gasteiger partial charge is 0.244 e. The lowest BCUT2D eigenvalue weighted by Crippen LogP contribution is -2.43. The van der Waals surface area contributed by atoms with E-state index in [0.717, 1.165) is 16.7 Å². The van der Waals surface area contributed by atoms with Gasteiger partial charge in [-0.3, -0.25) is 4.79 Å². The predicted octanol–water partition coefficient (Wildman–Crippen LogP) is 2.37. The average molecular weight is 383 g/mol. The van der Waals surface area contributed by atoms with Crippen molar-refractivity contribution in [3.63, 3.8) is 0 Å². The Morgan fingerprint density at radius 2 is 1.64 bits per heavy atom. The maximum atomic E-state index is 12.2. The number of fused-ring (bicyclic) bond motifs is 1. The second-order valence-electron chi connectivity index (χ2n) is 6.86. The molecule has 0 aliphatic heterocycles. The van der Waals surface area contributed by atoms with Gasteiger partial charge in [0.1, 0.15) is 0 Å². The van der Waals surface area contributed by atoms with Crippen LogP contribution in [0.15, 0.2) is 42.5 Å². The van der Waals surface area contributed by atoms with Crippen LogP contribution in [-0.4, -0.2) is 44.5 Å². The molecule has 1 amide bonds. The lowest BCUT2D eigenvalue weighted by Gasteiger charge is -2.22. The van der Waals surface area contributed by atoms with E-state index in [-0.39, 0.29) is 12.5 Å². The SMILES string of the molecule is COc1cc(/C=C/C(=O)NCC2(O)Cc3ccccc3C2)cc(OC)c1OC. The van der Waals surface area contributed by atoms with Gasteiger partial charge in [0.25, 0.3) is 0 Å². The van der Waals surface area contributed by atoms with Gasteiger partial charge >= 0.3 is 0 Å². The maximum absolute atomic E-state index is 12.2. The van der Waals surface area contributed by atoms with Crippen molar-refractivity contribution in [2.45, 2.75) is 18.4 Å². The lowest BCUT2D eigenvalue weighted by atomic mass is 10.0. The summed E-state index contributed by atoms with van der Waals surface area (Å²) >= 11 is 0. The number of hydrogen-bond donors (Lipinski definition) is 2. The normalized spacial score (nSPS) is 14.6. The molecule has 0 radical (unpaired) electrons. The molecule has 6 nitrogen and oxygen atoms in total. The van der Waals surface area contributed by atoms with Crippen LogP contribution in [0.5, 0.6) is 17.2 Å². The van der Waals surface area contributed by atoms with Gasteiger partial charge in [0.2, 0.25) is 11.7 Å². The van der Waals surface area contributed by atoms with E-state index in [4.69, 9.17) is 14.2 Å². The largest absolute Gasteiger partial charge is 0.493 e. The summed E-state index contributed by atoms with van der Waals surface area (Å²) in [5.41, 5.74) is 2.05. The molecule has 2 N–H and O–H groups in total. The molecule has 0 atom stereocenters. The molecule has 2 aromatic carbocycles. The Morgan fingerprint density at radius 1 is 1.07 bits per heavy atom. The molecule has 1 aliphatic rings. The lowest BCUT2D eigenvalue weighted by molar-refractivity contribution is -0.117. The van der Waals surface area contributed by atoms with Gasteiger partial charge in [-0.25, -0.2) is 0 Å². The van der Waals surface area contributed by atoms with Gasteiger partial charge in [0.05, 0.1) is 26.9 Å². The van der Waals surface area contributed by atoms with Crippen LogP contribution in [-0.2, 0) is 17.6 Å². The minimum absolute atomic E-state index is 0.195. The van der Waals surface area contributed by atoms with Crippen molar-refractivity contribution >= 4 is 12.0 Å². The Hall–Kier alpha value is -2.99. The number of rotatable bonds is 7. The summed E-state index contributed by atoms with van der Waals surface area (Å²) in [7, 11) is 4.62. The zero-order valence-corrected chi connectivity index (χ0v) is 16.3. The summed E-state index contributed by atoms with van der Waals surface area (Å²) in [6.07, 6.45) is 4.17. The van der Waals surface area contributed by atoms with Crippen LogP contribution >= 0.6 is 0 Å². The van der Waals surface area contributed by atoms with Gasteiger partial charge < -0.3 is 24.6 Å². The van der Waals surface area contributed by atoms with E-state index in [1.54, 1.807) is 18.2 Å². The third-order valence-corrected chi connectivity index (χ3v) is 4.86. The highest BCUT2D eigenvalue weighted by molar-refractivity contribution is 5.92. The van der Waals surface area contributed by atoms with Gasteiger partial charge in [-0.15, -0.1) is 0 Å². The maximum Gasteiger partial charge on any atom is 0.244 e. The molecule has 0 spiro atoms. The highest BCUT2D eigenvalue weighted by Gasteiger charge is 2.34. The molecule has 0 saturated carbocycles. The first kappa shape index (κ1) is 19.8. The molecule has 1 aliphatic carbocycles. The molecule has 3 rings (SSSR count). The van der Waals surface area contributed by atoms with Crippen LogP contribution in [0, 0.1) is 0 Å². The second-order valence-corrected chi connectivity index (χ2v) is 6.86. The summed E-state index contributed by atoms with van der Waals surface area (Å²) in [6, 6.07) is 11.5. The molecule has 0 saturated heterocycles.